The summed E-state index contributed by atoms with van der Waals surface area (Å²) in [5.74, 6) is 0. The molecule has 0 heterocycles. The van der Waals surface area contributed by atoms with E-state index in [1.807, 2.05) is 0 Å². The smallest absolute Gasteiger partial charge is 0.193 e. The van der Waals surface area contributed by atoms with Crippen molar-refractivity contribution >= 4 is 24.2 Å². The molecule has 0 unspecified atom stereocenters. The highest BCUT2D eigenvalue weighted by Crippen LogP contribution is 2.41. The number of rotatable bonds is 3. The second-order valence-electron chi connectivity index (χ2n) is 7.53. The van der Waals surface area contributed by atoms with Gasteiger partial charge in [0.05, 0.1) is 5.60 Å². The molecule has 0 aliphatic heterocycles. The first kappa shape index (κ1) is 17.9. The van der Waals surface area contributed by atoms with Crippen LogP contribution in [-0.2, 0) is 4.43 Å². The lowest BCUT2D eigenvalue weighted by Gasteiger charge is -2.43. The van der Waals surface area contributed by atoms with Crippen LogP contribution in [0.1, 0.15) is 47.5 Å². The molecule has 1 rings (SSSR count). The molecule has 0 radical (unpaired) electrons. The Kier molecular flexibility index (Phi) is 5.67. The van der Waals surface area contributed by atoms with Crippen LogP contribution in [0.2, 0.25) is 18.1 Å². The zero-order chi connectivity index (χ0) is 15.6. The normalized spacial score (nSPS) is 20.8. The highest BCUT2D eigenvalue weighted by atomic mass is 79.9. The van der Waals surface area contributed by atoms with Crippen LogP contribution in [0.25, 0.3) is 0 Å². The van der Waals surface area contributed by atoms with Crippen LogP contribution in [0.15, 0.2) is 34.4 Å². The molecule has 3 heteroatoms. The summed E-state index contributed by atoms with van der Waals surface area (Å²) in [6, 6.07) is 0. The first-order valence-corrected chi connectivity index (χ1v) is 11.1. The lowest BCUT2D eigenvalue weighted by Crippen LogP contribution is -2.48. The highest BCUT2D eigenvalue weighted by Gasteiger charge is 2.42. The zero-order valence-corrected chi connectivity index (χ0v) is 16.6. The predicted molar refractivity (Wildman–Crippen MR) is 95.8 cm³/mol. The van der Waals surface area contributed by atoms with E-state index < -0.39 is 8.32 Å². The lowest BCUT2D eigenvalue weighted by molar-refractivity contribution is 0.132. The molecule has 0 amide bonds. The van der Waals surface area contributed by atoms with E-state index in [4.69, 9.17) is 4.43 Å². The predicted octanol–water partition coefficient (Wildman–Crippen LogP) is 6.34. The Hall–Kier alpha value is -0.123. The topological polar surface area (TPSA) is 9.23 Å². The van der Waals surface area contributed by atoms with Crippen molar-refractivity contribution in [3.8, 4) is 0 Å². The fourth-order valence-corrected chi connectivity index (χ4v) is 4.12. The molecule has 0 N–H and O–H groups in total. The molecular formula is C17H29BrOSi. The van der Waals surface area contributed by atoms with Crippen LogP contribution in [-0.4, -0.2) is 13.9 Å². The molecule has 0 saturated heterocycles. The maximum absolute atomic E-state index is 6.65. The fraction of sp³-hybridized carbons (Fsp3) is 0.647. The van der Waals surface area contributed by atoms with Gasteiger partial charge in [0.25, 0.3) is 0 Å². The summed E-state index contributed by atoms with van der Waals surface area (Å²) in [5.41, 5.74) is 1.05. The van der Waals surface area contributed by atoms with Gasteiger partial charge >= 0.3 is 0 Å². The van der Waals surface area contributed by atoms with Crippen molar-refractivity contribution in [2.45, 2.75) is 71.2 Å². The first-order valence-electron chi connectivity index (χ1n) is 7.40. The van der Waals surface area contributed by atoms with Crippen LogP contribution in [0.3, 0.4) is 0 Å². The van der Waals surface area contributed by atoms with E-state index in [2.05, 4.69) is 87.9 Å². The van der Waals surface area contributed by atoms with E-state index in [0.717, 1.165) is 17.3 Å². The summed E-state index contributed by atoms with van der Waals surface area (Å²) in [6.45, 7) is 15.9. The van der Waals surface area contributed by atoms with Crippen LogP contribution in [0.5, 0.6) is 0 Å². The number of halogens is 1. The average molecular weight is 357 g/mol. The van der Waals surface area contributed by atoms with Gasteiger partial charge in [0.2, 0.25) is 0 Å². The van der Waals surface area contributed by atoms with E-state index in [1.54, 1.807) is 0 Å². The van der Waals surface area contributed by atoms with E-state index in [9.17, 15) is 0 Å². The molecule has 114 valence electrons. The van der Waals surface area contributed by atoms with E-state index in [-0.39, 0.29) is 10.6 Å². The Morgan fingerprint density at radius 3 is 2.10 bits per heavy atom. The van der Waals surface area contributed by atoms with Crippen LogP contribution in [0.4, 0.5) is 0 Å². The Bertz CT molecular complexity index is 436. The van der Waals surface area contributed by atoms with Crippen molar-refractivity contribution in [1.29, 1.82) is 0 Å². The van der Waals surface area contributed by atoms with Gasteiger partial charge < -0.3 is 4.43 Å². The van der Waals surface area contributed by atoms with Crippen molar-refractivity contribution in [1.82, 2.24) is 0 Å². The molecule has 0 atom stereocenters. The van der Waals surface area contributed by atoms with Crippen molar-refractivity contribution < 1.29 is 4.43 Å². The second-order valence-corrected chi connectivity index (χ2v) is 13.2. The van der Waals surface area contributed by atoms with Gasteiger partial charge in [-0.25, -0.2) is 0 Å². The van der Waals surface area contributed by atoms with Crippen LogP contribution >= 0.6 is 15.9 Å². The van der Waals surface area contributed by atoms with Gasteiger partial charge in [-0.15, -0.1) is 0 Å². The van der Waals surface area contributed by atoms with E-state index in [0.29, 0.717) is 0 Å². The Morgan fingerprint density at radius 1 is 1.00 bits per heavy atom. The quantitative estimate of drug-likeness (QED) is 0.535. The Labute approximate surface area is 134 Å². The summed E-state index contributed by atoms with van der Waals surface area (Å²) >= 11 is 3.58. The molecule has 20 heavy (non-hydrogen) atoms. The van der Waals surface area contributed by atoms with Crippen LogP contribution in [0, 0.1) is 0 Å². The minimum Gasteiger partial charge on any atom is -0.408 e. The maximum atomic E-state index is 6.65. The van der Waals surface area contributed by atoms with Crippen molar-refractivity contribution in [2.24, 2.45) is 0 Å². The van der Waals surface area contributed by atoms with Crippen LogP contribution < -0.4 is 0 Å². The Morgan fingerprint density at radius 2 is 1.55 bits per heavy atom. The van der Waals surface area contributed by atoms with Crippen molar-refractivity contribution in [3.05, 3.63) is 34.4 Å². The molecular weight excluding hydrogens is 328 g/mol. The number of hydrogen-bond acceptors (Lipinski definition) is 1. The summed E-state index contributed by atoms with van der Waals surface area (Å²) < 4.78 is 7.80. The minimum atomic E-state index is -1.77. The Balaban J connectivity index is 2.99. The third-order valence-electron chi connectivity index (χ3n) is 4.30. The molecule has 1 aliphatic carbocycles. The summed E-state index contributed by atoms with van der Waals surface area (Å²) in [6.07, 6.45) is 11.0. The van der Waals surface area contributed by atoms with Gasteiger partial charge in [0.15, 0.2) is 8.32 Å². The van der Waals surface area contributed by atoms with Gasteiger partial charge in [0, 0.05) is 4.48 Å². The number of hydrogen-bond donors (Lipinski definition) is 0. The lowest BCUT2D eigenvalue weighted by atomic mass is 9.95. The standard InChI is InChI=1S/C17H29BrOSi/c1-16(2,3)20(6,7)19-17(4,5)14-10-8-9-11-15(18)13-12-14/h10-13H,8-9H2,1-7H3/b13-12?,14-10?,15-11-. The van der Waals surface area contributed by atoms with Gasteiger partial charge in [-0.2, -0.15) is 0 Å². The summed E-state index contributed by atoms with van der Waals surface area (Å²) in [5, 5.41) is 0.233. The molecule has 1 aliphatic rings. The molecule has 0 bridgehead atoms. The largest absolute Gasteiger partial charge is 0.408 e. The maximum Gasteiger partial charge on any atom is 0.193 e. The molecule has 0 aromatic rings. The third-order valence-corrected chi connectivity index (χ3v) is 9.53. The SMILES string of the molecule is CC(C)(O[Si](C)(C)C(C)(C)C)C1=CCC/C=C(\Br)C=C1. The van der Waals surface area contributed by atoms with Gasteiger partial charge in [-0.3, -0.25) is 0 Å². The van der Waals surface area contributed by atoms with E-state index >= 15 is 0 Å². The second kappa shape index (κ2) is 6.33. The molecule has 0 aromatic heterocycles. The molecule has 0 aromatic carbocycles. The molecule has 0 fully saturated rings. The van der Waals surface area contributed by atoms with Crippen molar-refractivity contribution in [2.75, 3.05) is 0 Å². The fourth-order valence-electron chi connectivity index (χ4n) is 2.06. The molecule has 0 saturated carbocycles. The van der Waals surface area contributed by atoms with Gasteiger partial charge in [-0.1, -0.05) is 54.9 Å². The summed E-state index contributed by atoms with van der Waals surface area (Å²) in [7, 11) is -1.77. The van der Waals surface area contributed by atoms with E-state index in [1.165, 1.54) is 5.57 Å². The molecule has 1 nitrogen and oxygen atoms in total. The monoisotopic (exact) mass is 356 g/mol. The minimum absolute atomic E-state index is 0.232. The van der Waals surface area contributed by atoms with Gasteiger partial charge in [0.1, 0.15) is 0 Å². The van der Waals surface area contributed by atoms with Gasteiger partial charge in [-0.05, 0) is 56.5 Å². The average Bonchev–Trinajstić information content (AvgIpc) is 2.20. The number of allylic oxidation sites excluding steroid dienone is 4. The summed E-state index contributed by atoms with van der Waals surface area (Å²) in [4.78, 5) is 0. The molecule has 0 spiro atoms. The first-order chi connectivity index (χ1) is 8.96. The van der Waals surface area contributed by atoms with Crippen molar-refractivity contribution in [3.63, 3.8) is 0 Å². The highest BCUT2D eigenvalue weighted by molar-refractivity contribution is 9.11. The third kappa shape index (κ3) is 4.71. The zero-order valence-electron chi connectivity index (χ0n) is 14.0.